The van der Waals surface area contributed by atoms with Crippen molar-refractivity contribution >= 4 is 27.4 Å². The van der Waals surface area contributed by atoms with Gasteiger partial charge < -0.3 is 21.1 Å². The summed E-state index contributed by atoms with van der Waals surface area (Å²) < 4.78 is 24.6. The normalized spacial score (nSPS) is 11.3. The minimum absolute atomic E-state index is 0.0842. The molecule has 2 aromatic rings. The number of nitrogens with zero attached hydrogens (tertiary/aromatic N) is 2. The molecule has 9 nitrogen and oxygen atoms in total. The van der Waals surface area contributed by atoms with Gasteiger partial charge in [-0.1, -0.05) is 0 Å². The number of aromatic nitrogens is 2. The van der Waals surface area contributed by atoms with Crippen molar-refractivity contribution in [1.29, 1.82) is 0 Å². The number of urea groups is 1. The van der Waals surface area contributed by atoms with E-state index in [1.54, 1.807) is 44.2 Å². The van der Waals surface area contributed by atoms with Crippen molar-refractivity contribution in [3.8, 4) is 11.4 Å². The summed E-state index contributed by atoms with van der Waals surface area (Å²) in [7, 11) is -3.34. The average Bonchev–Trinajstić information content (AvgIpc) is 2.66. The molecular formula is C19H27N5O4S. The molecule has 1 aromatic carbocycles. The van der Waals surface area contributed by atoms with Gasteiger partial charge in [0.15, 0.2) is 15.7 Å². The molecule has 0 saturated heterocycles. The number of nitrogens with one attached hydrogen (secondary N) is 3. The van der Waals surface area contributed by atoms with E-state index in [9.17, 15) is 13.2 Å². The first-order valence-corrected chi connectivity index (χ1v) is 11.1. The van der Waals surface area contributed by atoms with Crippen LogP contribution in [-0.4, -0.2) is 54.5 Å². The number of rotatable bonds is 9. The molecule has 0 saturated carbocycles. The van der Waals surface area contributed by atoms with Crippen molar-refractivity contribution in [1.82, 2.24) is 15.3 Å². The lowest BCUT2D eigenvalue weighted by molar-refractivity contribution is 0.252. The van der Waals surface area contributed by atoms with Crippen LogP contribution in [0.25, 0.3) is 11.4 Å². The van der Waals surface area contributed by atoms with Gasteiger partial charge in [0.25, 0.3) is 0 Å². The van der Waals surface area contributed by atoms with Crippen LogP contribution in [0.2, 0.25) is 0 Å². The smallest absolute Gasteiger partial charge is 0.319 e. The lowest BCUT2D eigenvalue weighted by Gasteiger charge is -2.12. The predicted molar refractivity (Wildman–Crippen MR) is 113 cm³/mol. The molecular weight excluding hydrogens is 394 g/mol. The molecule has 0 spiro atoms. The van der Waals surface area contributed by atoms with E-state index in [-0.39, 0.29) is 24.9 Å². The molecule has 2 rings (SSSR count). The Kier molecular flexibility index (Phi) is 7.91. The molecule has 1 heterocycles. The van der Waals surface area contributed by atoms with Crippen molar-refractivity contribution in [2.24, 2.45) is 0 Å². The second-order valence-electron chi connectivity index (χ2n) is 6.64. The first-order chi connectivity index (χ1) is 13.7. The zero-order valence-electron chi connectivity index (χ0n) is 16.8. The number of sulfone groups is 1. The Labute approximate surface area is 170 Å². The molecule has 4 N–H and O–H groups in total. The quantitative estimate of drug-likeness (QED) is 0.487. The van der Waals surface area contributed by atoms with Crippen molar-refractivity contribution in [3.63, 3.8) is 0 Å². The molecule has 0 unspecified atom stereocenters. The van der Waals surface area contributed by atoms with Gasteiger partial charge in [0, 0.05) is 30.4 Å². The number of amides is 2. The Balaban J connectivity index is 2.32. The number of aliphatic hydroxyl groups is 1. The van der Waals surface area contributed by atoms with E-state index in [0.29, 0.717) is 35.1 Å². The van der Waals surface area contributed by atoms with Crippen molar-refractivity contribution in [2.45, 2.75) is 31.8 Å². The van der Waals surface area contributed by atoms with E-state index >= 15 is 0 Å². The summed E-state index contributed by atoms with van der Waals surface area (Å²) in [6.45, 7) is 5.80. The highest BCUT2D eigenvalue weighted by Crippen LogP contribution is 2.22. The fourth-order valence-electron chi connectivity index (χ4n) is 2.39. The van der Waals surface area contributed by atoms with Crippen molar-refractivity contribution in [3.05, 3.63) is 36.0 Å². The molecule has 0 radical (unpaired) electrons. The second kappa shape index (κ2) is 10.2. The minimum atomic E-state index is -3.34. The zero-order valence-corrected chi connectivity index (χ0v) is 17.6. The summed E-state index contributed by atoms with van der Waals surface area (Å²) in [5, 5.41) is 16.8. The summed E-state index contributed by atoms with van der Waals surface area (Å²) in [5.41, 5.74) is 1.65. The van der Waals surface area contributed by atoms with Crippen molar-refractivity contribution < 1.29 is 18.3 Å². The number of carbonyl (C=O) groups excluding carboxylic acids is 1. The Bertz CT molecular complexity index is 930. The Hall–Kier alpha value is -2.72. The summed E-state index contributed by atoms with van der Waals surface area (Å²) in [6.07, 6.45) is 0. The SMILES string of the molecule is CCNC(=O)Nc1ccc(-c2nc(CS(=O)(=O)C(C)C)cc(NCCO)n2)cc1. The Morgan fingerprint density at radius 2 is 1.86 bits per heavy atom. The molecule has 0 atom stereocenters. The molecule has 0 aliphatic rings. The standard InChI is InChI=1S/C19H27N5O4S/c1-4-20-19(26)23-15-7-5-14(6-8-15)18-22-16(12-29(27,28)13(2)3)11-17(24-18)21-9-10-25/h5-8,11,13,25H,4,9-10,12H2,1-3H3,(H2,20,23,26)(H,21,22,24). The van der Waals surface area contributed by atoms with Crippen LogP contribution < -0.4 is 16.0 Å². The first-order valence-electron chi connectivity index (χ1n) is 9.34. The third-order valence-electron chi connectivity index (χ3n) is 4.00. The molecule has 1 aromatic heterocycles. The van der Waals surface area contributed by atoms with Gasteiger partial charge in [0.1, 0.15) is 5.82 Å². The maximum Gasteiger partial charge on any atom is 0.319 e. The molecule has 158 valence electrons. The van der Waals surface area contributed by atoms with Crippen LogP contribution in [0, 0.1) is 0 Å². The topological polar surface area (TPSA) is 133 Å². The average molecular weight is 422 g/mol. The van der Waals surface area contributed by atoms with Gasteiger partial charge in [-0.2, -0.15) is 0 Å². The van der Waals surface area contributed by atoms with E-state index in [4.69, 9.17) is 5.11 Å². The van der Waals surface area contributed by atoms with Gasteiger partial charge in [-0.3, -0.25) is 0 Å². The molecule has 0 aliphatic heterocycles. The van der Waals surface area contributed by atoms with E-state index in [1.165, 1.54) is 0 Å². The predicted octanol–water partition coefficient (Wildman–Crippen LogP) is 2.01. The fraction of sp³-hybridized carbons (Fsp3) is 0.421. The van der Waals surface area contributed by atoms with Gasteiger partial charge in [0.05, 0.1) is 23.3 Å². The number of benzene rings is 1. The maximum absolute atomic E-state index is 12.3. The van der Waals surface area contributed by atoms with Gasteiger partial charge in [-0.25, -0.2) is 23.2 Å². The van der Waals surface area contributed by atoms with Crippen LogP contribution in [0.15, 0.2) is 30.3 Å². The lowest BCUT2D eigenvalue weighted by atomic mass is 10.2. The molecule has 2 amide bonds. The van der Waals surface area contributed by atoms with Gasteiger partial charge in [-0.15, -0.1) is 0 Å². The van der Waals surface area contributed by atoms with Crippen LogP contribution in [0.3, 0.4) is 0 Å². The lowest BCUT2D eigenvalue weighted by Crippen LogP contribution is -2.28. The number of anilines is 2. The highest BCUT2D eigenvalue weighted by molar-refractivity contribution is 7.91. The summed E-state index contributed by atoms with van der Waals surface area (Å²) >= 11 is 0. The van der Waals surface area contributed by atoms with Gasteiger partial charge >= 0.3 is 6.03 Å². The molecule has 0 aliphatic carbocycles. The second-order valence-corrected chi connectivity index (χ2v) is 9.19. The minimum Gasteiger partial charge on any atom is -0.395 e. The highest BCUT2D eigenvalue weighted by Gasteiger charge is 2.19. The third kappa shape index (κ3) is 6.68. The van der Waals surface area contributed by atoms with Crippen LogP contribution in [0.1, 0.15) is 26.5 Å². The van der Waals surface area contributed by atoms with Crippen LogP contribution in [0.4, 0.5) is 16.3 Å². The fourth-order valence-corrected chi connectivity index (χ4v) is 3.28. The van der Waals surface area contributed by atoms with E-state index in [2.05, 4.69) is 25.9 Å². The van der Waals surface area contributed by atoms with E-state index in [1.807, 2.05) is 6.92 Å². The molecule has 10 heteroatoms. The maximum atomic E-state index is 12.3. The summed E-state index contributed by atoms with van der Waals surface area (Å²) in [6, 6.07) is 8.19. The number of aliphatic hydroxyl groups excluding tert-OH is 1. The first kappa shape index (κ1) is 22.6. The van der Waals surface area contributed by atoms with Gasteiger partial charge in [-0.05, 0) is 45.0 Å². The summed E-state index contributed by atoms with van der Waals surface area (Å²) in [4.78, 5) is 20.4. The van der Waals surface area contributed by atoms with E-state index < -0.39 is 15.1 Å². The van der Waals surface area contributed by atoms with Crippen LogP contribution in [0.5, 0.6) is 0 Å². The summed E-state index contributed by atoms with van der Waals surface area (Å²) in [5.74, 6) is 0.583. The van der Waals surface area contributed by atoms with E-state index in [0.717, 1.165) is 0 Å². The van der Waals surface area contributed by atoms with Crippen molar-refractivity contribution in [2.75, 3.05) is 30.3 Å². The number of hydrogen-bond donors (Lipinski definition) is 4. The Morgan fingerprint density at radius 3 is 2.45 bits per heavy atom. The largest absolute Gasteiger partial charge is 0.395 e. The monoisotopic (exact) mass is 421 g/mol. The Morgan fingerprint density at radius 1 is 1.17 bits per heavy atom. The third-order valence-corrected chi connectivity index (χ3v) is 6.14. The number of hydrogen-bond acceptors (Lipinski definition) is 7. The molecule has 29 heavy (non-hydrogen) atoms. The highest BCUT2D eigenvalue weighted by atomic mass is 32.2. The molecule has 0 bridgehead atoms. The van der Waals surface area contributed by atoms with Gasteiger partial charge in [0.2, 0.25) is 0 Å². The van der Waals surface area contributed by atoms with Crippen LogP contribution >= 0.6 is 0 Å². The number of carbonyl (C=O) groups is 1. The zero-order chi connectivity index (χ0) is 21.4. The van der Waals surface area contributed by atoms with Crippen LogP contribution in [-0.2, 0) is 15.6 Å². The molecule has 0 fully saturated rings.